The molecule has 8 heteroatoms. The Hall–Kier alpha value is -1.38. The Bertz CT molecular complexity index is 591. The maximum Gasteiger partial charge on any atom is 0.498 e. The summed E-state index contributed by atoms with van der Waals surface area (Å²) >= 11 is 0. The van der Waals surface area contributed by atoms with Gasteiger partial charge in [0, 0.05) is 43.9 Å². The second kappa shape index (κ2) is 5.32. The number of carboxylic acids is 1. The van der Waals surface area contributed by atoms with Gasteiger partial charge in [0.2, 0.25) is 0 Å². The second-order valence-corrected chi connectivity index (χ2v) is 7.26. The lowest BCUT2D eigenvalue weighted by atomic mass is 9.81. The Morgan fingerprint density at radius 3 is 2.30 bits per heavy atom. The van der Waals surface area contributed by atoms with Crippen LogP contribution in [0.4, 0.5) is 0 Å². The zero-order valence-electron chi connectivity index (χ0n) is 14.0. The zero-order chi connectivity index (χ0) is 16.9. The van der Waals surface area contributed by atoms with Crippen molar-refractivity contribution in [3.63, 3.8) is 0 Å². The number of nitrogens with zero attached hydrogens (tertiary/aromatic N) is 2. The quantitative estimate of drug-likeness (QED) is 0.828. The highest BCUT2D eigenvalue weighted by molar-refractivity contribution is 6.62. The van der Waals surface area contributed by atoms with Gasteiger partial charge in [-0.25, -0.2) is 4.79 Å². The first-order valence-corrected chi connectivity index (χ1v) is 7.90. The van der Waals surface area contributed by atoms with Crippen LogP contribution in [0.25, 0.3) is 0 Å². The number of aromatic nitrogens is 2. The molecule has 23 heavy (non-hydrogen) atoms. The SMILES string of the molecule is CC1(C)OB(c2cnn(C3(C(=O)O)CCOCC3)c2)OC1(C)C. The summed E-state index contributed by atoms with van der Waals surface area (Å²) in [5.41, 5.74) is -1.21. The number of ether oxygens (including phenoxy) is 1. The molecule has 1 aromatic heterocycles. The van der Waals surface area contributed by atoms with E-state index in [0.717, 1.165) is 5.46 Å². The van der Waals surface area contributed by atoms with Gasteiger partial charge in [-0.1, -0.05) is 0 Å². The molecule has 0 atom stereocenters. The first kappa shape index (κ1) is 16.5. The number of carbonyl (C=O) groups is 1. The molecule has 3 rings (SSSR count). The fraction of sp³-hybridized carbons (Fsp3) is 0.733. The van der Waals surface area contributed by atoms with Gasteiger partial charge in [-0.3, -0.25) is 4.68 Å². The standard InChI is InChI=1S/C15H23BN2O5/c1-13(2)14(3,4)23-16(22-13)11-9-17-18(10-11)15(12(19)20)5-7-21-8-6-15/h9-10H,5-8H2,1-4H3,(H,19,20). The Morgan fingerprint density at radius 2 is 1.78 bits per heavy atom. The predicted octanol–water partition coefficient (Wildman–Crippen LogP) is 0.773. The van der Waals surface area contributed by atoms with E-state index in [1.807, 2.05) is 27.7 Å². The average molecular weight is 322 g/mol. The van der Waals surface area contributed by atoms with E-state index in [4.69, 9.17) is 14.0 Å². The first-order chi connectivity index (χ1) is 10.7. The molecule has 0 radical (unpaired) electrons. The van der Waals surface area contributed by atoms with E-state index in [0.29, 0.717) is 26.1 Å². The van der Waals surface area contributed by atoms with E-state index in [2.05, 4.69) is 5.10 Å². The molecule has 0 saturated carbocycles. The molecule has 0 bridgehead atoms. The van der Waals surface area contributed by atoms with Crippen molar-refractivity contribution in [3.8, 4) is 0 Å². The van der Waals surface area contributed by atoms with E-state index < -0.39 is 29.8 Å². The molecule has 3 heterocycles. The molecule has 2 aliphatic rings. The first-order valence-electron chi connectivity index (χ1n) is 7.90. The molecule has 1 N–H and O–H groups in total. The summed E-state index contributed by atoms with van der Waals surface area (Å²) in [7, 11) is -0.542. The van der Waals surface area contributed by atoms with Crippen molar-refractivity contribution >= 4 is 18.6 Å². The summed E-state index contributed by atoms with van der Waals surface area (Å²) in [6.45, 7) is 8.75. The topological polar surface area (TPSA) is 82.8 Å². The average Bonchev–Trinajstić information content (AvgIpc) is 3.03. The van der Waals surface area contributed by atoms with Gasteiger partial charge in [0.15, 0.2) is 5.54 Å². The van der Waals surface area contributed by atoms with E-state index in [1.54, 1.807) is 12.4 Å². The number of hydrogen-bond acceptors (Lipinski definition) is 5. The molecule has 126 valence electrons. The van der Waals surface area contributed by atoms with Crippen molar-refractivity contribution in [3.05, 3.63) is 12.4 Å². The number of rotatable bonds is 3. The van der Waals surface area contributed by atoms with Gasteiger partial charge in [0.1, 0.15) is 0 Å². The van der Waals surface area contributed by atoms with Crippen LogP contribution in [-0.4, -0.2) is 52.4 Å². The van der Waals surface area contributed by atoms with Gasteiger partial charge >= 0.3 is 13.1 Å². The van der Waals surface area contributed by atoms with E-state index in [9.17, 15) is 9.90 Å². The van der Waals surface area contributed by atoms with Crippen LogP contribution >= 0.6 is 0 Å². The third-order valence-electron chi connectivity index (χ3n) is 5.28. The van der Waals surface area contributed by atoms with Crippen LogP contribution in [-0.2, 0) is 24.4 Å². The smallest absolute Gasteiger partial charge is 0.479 e. The molecule has 0 amide bonds. The molecule has 0 aromatic carbocycles. The summed E-state index contributed by atoms with van der Waals surface area (Å²) in [6, 6.07) is 0. The second-order valence-electron chi connectivity index (χ2n) is 7.26. The molecule has 0 spiro atoms. The van der Waals surface area contributed by atoms with Crippen molar-refractivity contribution in [2.24, 2.45) is 0 Å². The van der Waals surface area contributed by atoms with Crippen molar-refractivity contribution in [1.82, 2.24) is 9.78 Å². The van der Waals surface area contributed by atoms with Gasteiger partial charge in [-0.15, -0.1) is 0 Å². The van der Waals surface area contributed by atoms with Gasteiger partial charge in [-0.2, -0.15) is 5.10 Å². The third-order valence-corrected chi connectivity index (χ3v) is 5.28. The van der Waals surface area contributed by atoms with Crippen LogP contribution in [0.1, 0.15) is 40.5 Å². The van der Waals surface area contributed by atoms with Gasteiger partial charge < -0.3 is 19.2 Å². The monoisotopic (exact) mass is 322 g/mol. The number of aliphatic carboxylic acids is 1. The Morgan fingerprint density at radius 1 is 1.22 bits per heavy atom. The molecule has 7 nitrogen and oxygen atoms in total. The minimum Gasteiger partial charge on any atom is -0.479 e. The van der Waals surface area contributed by atoms with Crippen molar-refractivity contribution in [2.45, 2.75) is 57.3 Å². The van der Waals surface area contributed by atoms with Crippen LogP contribution < -0.4 is 5.46 Å². The predicted molar refractivity (Wildman–Crippen MR) is 83.6 cm³/mol. The fourth-order valence-electron chi connectivity index (χ4n) is 2.92. The minimum absolute atomic E-state index is 0.396. The summed E-state index contributed by atoms with van der Waals surface area (Å²) < 4.78 is 18.8. The lowest BCUT2D eigenvalue weighted by Crippen LogP contribution is -2.47. The maximum atomic E-state index is 11.8. The Balaban J connectivity index is 1.88. The normalized spacial score (nSPS) is 25.5. The zero-order valence-corrected chi connectivity index (χ0v) is 14.0. The highest BCUT2D eigenvalue weighted by Gasteiger charge is 2.52. The molecule has 1 aromatic rings. The summed E-state index contributed by atoms with van der Waals surface area (Å²) in [6.07, 6.45) is 4.14. The van der Waals surface area contributed by atoms with Crippen LogP contribution in [0.3, 0.4) is 0 Å². The van der Waals surface area contributed by atoms with Gasteiger partial charge in [0.25, 0.3) is 0 Å². The molecular formula is C15H23BN2O5. The summed E-state index contributed by atoms with van der Waals surface area (Å²) in [5.74, 6) is -0.885. The lowest BCUT2D eigenvalue weighted by Gasteiger charge is -2.33. The summed E-state index contributed by atoms with van der Waals surface area (Å²) in [4.78, 5) is 11.8. The molecule has 2 fully saturated rings. The Kier molecular flexibility index (Phi) is 3.82. The number of hydrogen-bond donors (Lipinski definition) is 1. The van der Waals surface area contributed by atoms with Crippen molar-refractivity contribution in [2.75, 3.05) is 13.2 Å². The molecule has 2 aliphatic heterocycles. The largest absolute Gasteiger partial charge is 0.498 e. The molecule has 0 aliphatic carbocycles. The molecular weight excluding hydrogens is 299 g/mol. The summed E-state index contributed by atoms with van der Waals surface area (Å²) in [5, 5.41) is 14.0. The Labute approximate surface area is 136 Å². The third kappa shape index (κ3) is 2.58. The van der Waals surface area contributed by atoms with Crippen LogP contribution in [0, 0.1) is 0 Å². The van der Waals surface area contributed by atoms with Gasteiger partial charge in [-0.05, 0) is 27.7 Å². The van der Waals surface area contributed by atoms with Gasteiger partial charge in [0.05, 0.1) is 11.2 Å². The number of carboxylic acid groups (broad SMARTS) is 1. The van der Waals surface area contributed by atoms with Crippen LogP contribution in [0.2, 0.25) is 0 Å². The minimum atomic E-state index is -1.06. The van der Waals surface area contributed by atoms with E-state index in [1.165, 1.54) is 4.68 Å². The van der Waals surface area contributed by atoms with Crippen LogP contribution in [0.15, 0.2) is 12.4 Å². The van der Waals surface area contributed by atoms with Crippen molar-refractivity contribution in [1.29, 1.82) is 0 Å². The highest BCUT2D eigenvalue weighted by atomic mass is 16.7. The lowest BCUT2D eigenvalue weighted by molar-refractivity contribution is -0.153. The van der Waals surface area contributed by atoms with Crippen molar-refractivity contribution < 1.29 is 23.9 Å². The fourth-order valence-corrected chi connectivity index (χ4v) is 2.92. The maximum absolute atomic E-state index is 11.8. The van der Waals surface area contributed by atoms with Crippen LogP contribution in [0.5, 0.6) is 0 Å². The van der Waals surface area contributed by atoms with E-state index >= 15 is 0 Å². The highest BCUT2D eigenvalue weighted by Crippen LogP contribution is 2.36. The molecule has 2 saturated heterocycles. The van der Waals surface area contributed by atoms with E-state index in [-0.39, 0.29) is 0 Å². The molecule has 0 unspecified atom stereocenters.